The van der Waals surface area contributed by atoms with Crippen molar-refractivity contribution in [3.8, 4) is 0 Å². The molecule has 1 unspecified atom stereocenters. The molecule has 0 aliphatic rings. The zero-order chi connectivity index (χ0) is 10.3. The smallest absolute Gasteiger partial charge is 0.123 e. The second-order valence-corrected chi connectivity index (χ2v) is 3.64. The van der Waals surface area contributed by atoms with Crippen molar-refractivity contribution in [2.24, 2.45) is 5.73 Å². The summed E-state index contributed by atoms with van der Waals surface area (Å²) in [6.07, 6.45) is 0. The average Bonchev–Trinajstić information content (AvgIpc) is 2.40. The molecule has 3 N–H and O–H groups in total. The van der Waals surface area contributed by atoms with E-state index in [-0.39, 0.29) is 11.9 Å². The third-order valence-electron chi connectivity index (χ3n) is 2.45. The Labute approximate surface area is 81.9 Å². The molecule has 0 saturated carbocycles. The first-order chi connectivity index (χ1) is 6.59. The summed E-state index contributed by atoms with van der Waals surface area (Å²) >= 11 is 0. The first-order valence-electron chi connectivity index (χ1n) is 4.63. The molecule has 0 aliphatic carbocycles. The number of nitrogens with two attached hydrogens (primary N) is 1. The third kappa shape index (κ3) is 1.30. The van der Waals surface area contributed by atoms with E-state index < -0.39 is 0 Å². The summed E-state index contributed by atoms with van der Waals surface area (Å²) in [5, 5.41) is 0.887. The molecule has 3 heteroatoms. The summed E-state index contributed by atoms with van der Waals surface area (Å²) < 4.78 is 13.0. The monoisotopic (exact) mass is 192 g/mol. The van der Waals surface area contributed by atoms with Gasteiger partial charge < -0.3 is 10.7 Å². The number of aromatic nitrogens is 1. The molecule has 0 spiro atoms. The largest absolute Gasteiger partial charge is 0.358 e. The summed E-state index contributed by atoms with van der Waals surface area (Å²) in [6.45, 7) is 3.86. The van der Waals surface area contributed by atoms with Gasteiger partial charge in [0.15, 0.2) is 0 Å². The van der Waals surface area contributed by atoms with Gasteiger partial charge in [-0.2, -0.15) is 0 Å². The normalized spacial score (nSPS) is 13.4. The van der Waals surface area contributed by atoms with Gasteiger partial charge in [0.2, 0.25) is 0 Å². The summed E-state index contributed by atoms with van der Waals surface area (Å²) in [5.74, 6) is -0.224. The van der Waals surface area contributed by atoms with Crippen LogP contribution >= 0.6 is 0 Å². The highest BCUT2D eigenvalue weighted by Gasteiger charge is 2.11. The van der Waals surface area contributed by atoms with Gasteiger partial charge in [-0.15, -0.1) is 0 Å². The lowest BCUT2D eigenvalue weighted by molar-refractivity contribution is 0.629. The maximum atomic E-state index is 13.0. The first-order valence-corrected chi connectivity index (χ1v) is 4.63. The van der Waals surface area contributed by atoms with E-state index in [4.69, 9.17) is 5.73 Å². The van der Waals surface area contributed by atoms with Gasteiger partial charge >= 0.3 is 0 Å². The van der Waals surface area contributed by atoms with Crippen molar-refractivity contribution < 1.29 is 4.39 Å². The SMILES string of the molecule is Cc1[nH]c2ccc(F)cc2c1C(C)N. The van der Waals surface area contributed by atoms with E-state index in [0.29, 0.717) is 0 Å². The molecule has 14 heavy (non-hydrogen) atoms. The number of hydrogen-bond acceptors (Lipinski definition) is 1. The van der Waals surface area contributed by atoms with Crippen LogP contribution < -0.4 is 5.73 Å². The molecule has 0 radical (unpaired) electrons. The molecule has 2 aromatic rings. The lowest BCUT2D eigenvalue weighted by Gasteiger charge is -2.04. The summed E-state index contributed by atoms with van der Waals surface area (Å²) in [4.78, 5) is 3.19. The van der Waals surface area contributed by atoms with Crippen molar-refractivity contribution in [1.82, 2.24) is 4.98 Å². The Morgan fingerprint density at radius 2 is 2.14 bits per heavy atom. The van der Waals surface area contributed by atoms with E-state index in [1.165, 1.54) is 12.1 Å². The van der Waals surface area contributed by atoms with E-state index in [9.17, 15) is 4.39 Å². The predicted molar refractivity (Wildman–Crippen MR) is 55.6 cm³/mol. The van der Waals surface area contributed by atoms with Gasteiger partial charge in [-0.05, 0) is 37.6 Å². The van der Waals surface area contributed by atoms with Crippen LogP contribution in [-0.2, 0) is 0 Å². The number of H-pyrrole nitrogens is 1. The Kier molecular flexibility index (Phi) is 2.04. The highest BCUT2D eigenvalue weighted by Crippen LogP contribution is 2.26. The maximum Gasteiger partial charge on any atom is 0.123 e. The molecule has 0 amide bonds. The Morgan fingerprint density at radius 3 is 2.79 bits per heavy atom. The Bertz CT molecular complexity index is 471. The number of fused-ring (bicyclic) bond motifs is 1. The van der Waals surface area contributed by atoms with Gasteiger partial charge in [-0.3, -0.25) is 0 Å². The van der Waals surface area contributed by atoms with Crippen molar-refractivity contribution in [3.05, 3.63) is 35.3 Å². The second kappa shape index (κ2) is 3.10. The summed E-state index contributed by atoms with van der Waals surface area (Å²) in [6, 6.07) is 4.63. The van der Waals surface area contributed by atoms with Crippen LogP contribution in [0, 0.1) is 12.7 Å². The molecule has 74 valence electrons. The van der Waals surface area contributed by atoms with Crippen molar-refractivity contribution >= 4 is 10.9 Å². The highest BCUT2D eigenvalue weighted by atomic mass is 19.1. The summed E-state index contributed by atoms with van der Waals surface area (Å²) in [7, 11) is 0. The number of nitrogens with one attached hydrogen (secondary N) is 1. The van der Waals surface area contributed by atoms with Crippen LogP contribution in [0.25, 0.3) is 10.9 Å². The Morgan fingerprint density at radius 1 is 1.43 bits per heavy atom. The molecule has 2 rings (SSSR count). The molecule has 1 atom stereocenters. The van der Waals surface area contributed by atoms with Gasteiger partial charge in [0.1, 0.15) is 5.82 Å². The van der Waals surface area contributed by atoms with Crippen LogP contribution in [0.4, 0.5) is 4.39 Å². The van der Waals surface area contributed by atoms with Gasteiger partial charge in [-0.1, -0.05) is 0 Å². The number of aromatic amines is 1. The van der Waals surface area contributed by atoms with Crippen LogP contribution in [0.1, 0.15) is 24.2 Å². The van der Waals surface area contributed by atoms with E-state index in [2.05, 4.69) is 4.98 Å². The predicted octanol–water partition coefficient (Wildman–Crippen LogP) is 2.64. The molecule has 1 heterocycles. The highest BCUT2D eigenvalue weighted by molar-refractivity contribution is 5.85. The minimum atomic E-state index is -0.224. The minimum absolute atomic E-state index is 0.0782. The minimum Gasteiger partial charge on any atom is -0.358 e. The molecular weight excluding hydrogens is 179 g/mol. The zero-order valence-electron chi connectivity index (χ0n) is 8.26. The van der Waals surface area contributed by atoms with E-state index in [0.717, 1.165) is 22.2 Å². The van der Waals surface area contributed by atoms with Gasteiger partial charge in [0.05, 0.1) is 0 Å². The number of rotatable bonds is 1. The van der Waals surface area contributed by atoms with Crippen LogP contribution in [0.15, 0.2) is 18.2 Å². The molecule has 1 aromatic carbocycles. The van der Waals surface area contributed by atoms with Crippen LogP contribution in [0.3, 0.4) is 0 Å². The molecule has 0 aliphatic heterocycles. The van der Waals surface area contributed by atoms with Crippen molar-refractivity contribution in [2.75, 3.05) is 0 Å². The van der Waals surface area contributed by atoms with Crippen molar-refractivity contribution in [2.45, 2.75) is 19.9 Å². The number of benzene rings is 1. The van der Waals surface area contributed by atoms with E-state index in [1.54, 1.807) is 6.07 Å². The van der Waals surface area contributed by atoms with Gasteiger partial charge in [0.25, 0.3) is 0 Å². The fraction of sp³-hybridized carbons (Fsp3) is 0.273. The second-order valence-electron chi connectivity index (χ2n) is 3.64. The fourth-order valence-electron chi connectivity index (χ4n) is 1.91. The van der Waals surface area contributed by atoms with Gasteiger partial charge in [-0.25, -0.2) is 4.39 Å². The Hall–Kier alpha value is -1.35. The van der Waals surface area contributed by atoms with Crippen molar-refractivity contribution in [1.29, 1.82) is 0 Å². The third-order valence-corrected chi connectivity index (χ3v) is 2.45. The lowest BCUT2D eigenvalue weighted by atomic mass is 10.1. The number of halogens is 1. The average molecular weight is 192 g/mol. The number of aryl methyl sites for hydroxylation is 1. The maximum absolute atomic E-state index is 13.0. The topological polar surface area (TPSA) is 41.8 Å². The zero-order valence-corrected chi connectivity index (χ0v) is 8.26. The van der Waals surface area contributed by atoms with Crippen LogP contribution in [-0.4, -0.2) is 4.98 Å². The Balaban J connectivity index is 2.79. The van der Waals surface area contributed by atoms with Crippen molar-refractivity contribution in [3.63, 3.8) is 0 Å². The number of hydrogen-bond donors (Lipinski definition) is 2. The van der Waals surface area contributed by atoms with E-state index >= 15 is 0 Å². The molecule has 0 fully saturated rings. The van der Waals surface area contributed by atoms with E-state index in [1.807, 2.05) is 13.8 Å². The molecule has 2 nitrogen and oxygen atoms in total. The van der Waals surface area contributed by atoms with Gasteiger partial charge in [0, 0.05) is 22.6 Å². The molecule has 0 saturated heterocycles. The summed E-state index contributed by atoms with van der Waals surface area (Å²) in [5.41, 5.74) is 8.79. The molecular formula is C11H13FN2. The fourth-order valence-corrected chi connectivity index (χ4v) is 1.91. The molecule has 0 bridgehead atoms. The first kappa shape index (κ1) is 9.21. The lowest BCUT2D eigenvalue weighted by Crippen LogP contribution is -2.05. The standard InChI is InChI=1S/C11H13FN2/c1-6(13)11-7(2)14-10-4-3-8(12)5-9(10)11/h3-6,14H,13H2,1-2H3. The van der Waals surface area contributed by atoms with Crippen LogP contribution in [0.2, 0.25) is 0 Å². The quantitative estimate of drug-likeness (QED) is 0.716. The molecule has 1 aromatic heterocycles. The van der Waals surface area contributed by atoms with Crippen LogP contribution in [0.5, 0.6) is 0 Å².